The summed E-state index contributed by atoms with van der Waals surface area (Å²) in [6.45, 7) is 14.5. The first-order chi connectivity index (χ1) is 33.2. The van der Waals surface area contributed by atoms with Crippen LogP contribution < -0.4 is 16.4 Å². The molecule has 0 N–H and O–H groups in total. The summed E-state index contributed by atoms with van der Waals surface area (Å²) in [4.78, 5) is 0. The van der Waals surface area contributed by atoms with Gasteiger partial charge in [0.15, 0.2) is 0 Å². The van der Waals surface area contributed by atoms with Gasteiger partial charge in [-0.15, -0.1) is 0 Å². The van der Waals surface area contributed by atoms with Crippen molar-refractivity contribution < 1.29 is 0 Å². The van der Waals surface area contributed by atoms with Crippen molar-refractivity contribution in [3.05, 3.63) is 209 Å². The molecule has 2 nitrogen and oxygen atoms in total. The lowest BCUT2D eigenvalue weighted by Gasteiger charge is -2.44. The molecule has 0 saturated carbocycles. The fourth-order valence-corrected chi connectivity index (χ4v) is 13.7. The molecule has 68 heavy (non-hydrogen) atoms. The predicted molar refractivity (Wildman–Crippen MR) is 288 cm³/mol. The first-order valence-electron chi connectivity index (χ1n) is 24.9. The average molecular weight is 871 g/mol. The van der Waals surface area contributed by atoms with Crippen molar-refractivity contribution in [3.63, 3.8) is 0 Å². The van der Waals surface area contributed by atoms with E-state index in [0.29, 0.717) is 0 Å². The first kappa shape index (κ1) is 38.7. The molecule has 9 aromatic carbocycles. The summed E-state index contributed by atoms with van der Waals surface area (Å²) < 4.78 is 5.49. The standard InChI is InChI=1S/C65H51BN2/c1-7-63(3,4)41-34-46-47-35-42(64(5,6)8-2)37-53-60(47)68-59(46)52(36-41)65(49-29-19-17-27-44(49)45-28-18-20-30-50(45)65)51-31-32-54-57(62(51)68)66(53)56-43-26-16-15-25-40(43)33-48-55(38-21-11-9-12-22-38)58(67(54)61(48)56)39-23-13-10-14-24-39/h9-37H,7-8H2,1-6H3. The van der Waals surface area contributed by atoms with Gasteiger partial charge in [-0.3, -0.25) is 0 Å². The Labute approximate surface area is 398 Å². The van der Waals surface area contributed by atoms with Crippen LogP contribution in [0.15, 0.2) is 176 Å². The molecule has 0 saturated heterocycles. The van der Waals surface area contributed by atoms with Gasteiger partial charge in [0.2, 0.25) is 0 Å². The van der Waals surface area contributed by atoms with Crippen molar-refractivity contribution in [2.24, 2.45) is 0 Å². The molecule has 3 heteroatoms. The topological polar surface area (TPSA) is 9.86 Å². The van der Waals surface area contributed by atoms with E-state index in [1.165, 1.54) is 138 Å². The smallest absolute Gasteiger partial charge is 0.253 e. The summed E-state index contributed by atoms with van der Waals surface area (Å²) in [5.41, 5.74) is 26.5. The quantitative estimate of drug-likeness (QED) is 0.147. The van der Waals surface area contributed by atoms with Crippen LogP contribution >= 0.6 is 0 Å². The molecule has 1 aliphatic carbocycles. The van der Waals surface area contributed by atoms with Crippen molar-refractivity contribution in [1.29, 1.82) is 0 Å². The van der Waals surface area contributed by atoms with Gasteiger partial charge in [-0.2, -0.15) is 0 Å². The third-order valence-electron chi connectivity index (χ3n) is 17.7. The normalized spacial score (nSPS) is 14.5. The summed E-state index contributed by atoms with van der Waals surface area (Å²) in [7, 11) is 0. The molecule has 324 valence electrons. The molecule has 0 atom stereocenters. The Morgan fingerprint density at radius 1 is 0.456 bits per heavy atom. The van der Waals surface area contributed by atoms with Crippen LogP contribution in [0.5, 0.6) is 0 Å². The summed E-state index contributed by atoms with van der Waals surface area (Å²) in [5, 5.41) is 6.69. The van der Waals surface area contributed by atoms with Gasteiger partial charge in [-0.05, 0) is 131 Å². The van der Waals surface area contributed by atoms with Crippen LogP contribution in [0.25, 0.3) is 88.4 Å². The number of nitrogens with zero attached hydrogens (tertiary/aromatic N) is 2. The fraction of sp³-hybridized carbons (Fsp3) is 0.169. The molecule has 3 aliphatic heterocycles. The molecule has 0 amide bonds. The fourth-order valence-electron chi connectivity index (χ4n) is 13.7. The molecule has 0 fully saturated rings. The Morgan fingerprint density at radius 3 is 1.72 bits per heavy atom. The monoisotopic (exact) mass is 870 g/mol. The van der Waals surface area contributed by atoms with E-state index in [1.54, 1.807) is 0 Å². The first-order valence-corrected chi connectivity index (χ1v) is 24.9. The van der Waals surface area contributed by atoms with E-state index < -0.39 is 5.41 Å². The molecule has 4 aliphatic rings. The summed E-state index contributed by atoms with van der Waals surface area (Å²) in [6, 6.07) is 68.5. The van der Waals surface area contributed by atoms with Crippen molar-refractivity contribution in [2.45, 2.75) is 70.6 Å². The van der Waals surface area contributed by atoms with E-state index in [9.17, 15) is 0 Å². The summed E-state index contributed by atoms with van der Waals surface area (Å²) in [5.74, 6) is 0. The van der Waals surface area contributed by atoms with Crippen molar-refractivity contribution >= 4 is 66.6 Å². The maximum atomic E-state index is 2.79. The van der Waals surface area contributed by atoms with Gasteiger partial charge in [0.25, 0.3) is 6.71 Å². The van der Waals surface area contributed by atoms with E-state index in [-0.39, 0.29) is 17.5 Å². The van der Waals surface area contributed by atoms with Gasteiger partial charge in [0.1, 0.15) is 0 Å². The molecule has 2 aromatic heterocycles. The summed E-state index contributed by atoms with van der Waals surface area (Å²) >= 11 is 0. The predicted octanol–water partition coefficient (Wildman–Crippen LogP) is 14.4. The van der Waals surface area contributed by atoms with Gasteiger partial charge >= 0.3 is 0 Å². The molecule has 15 rings (SSSR count). The third-order valence-corrected chi connectivity index (χ3v) is 17.7. The Kier molecular flexibility index (Phi) is 7.40. The number of hydrogen-bond acceptors (Lipinski definition) is 0. The van der Waals surface area contributed by atoms with Crippen molar-refractivity contribution in [2.75, 3.05) is 0 Å². The van der Waals surface area contributed by atoms with Crippen LogP contribution in [0, 0.1) is 0 Å². The van der Waals surface area contributed by atoms with Gasteiger partial charge < -0.3 is 9.13 Å². The van der Waals surface area contributed by atoms with E-state index in [2.05, 4.69) is 227 Å². The van der Waals surface area contributed by atoms with Gasteiger partial charge in [-0.1, -0.05) is 193 Å². The second-order valence-electron chi connectivity index (χ2n) is 21.6. The van der Waals surface area contributed by atoms with Crippen LogP contribution in [0.1, 0.15) is 87.8 Å². The van der Waals surface area contributed by atoms with Crippen LogP contribution in [0.3, 0.4) is 0 Å². The third kappa shape index (κ3) is 4.48. The zero-order chi connectivity index (χ0) is 45.6. The zero-order valence-electron chi connectivity index (χ0n) is 39.6. The Bertz CT molecular complexity index is 4000. The minimum Gasteiger partial charge on any atom is -0.310 e. The second-order valence-corrected chi connectivity index (χ2v) is 21.6. The molecule has 0 radical (unpaired) electrons. The number of aromatic nitrogens is 2. The summed E-state index contributed by atoms with van der Waals surface area (Å²) in [6.07, 6.45) is 2.10. The maximum Gasteiger partial charge on any atom is 0.253 e. The highest BCUT2D eigenvalue weighted by molar-refractivity contribution is 7.01. The molecule has 1 spiro atoms. The Morgan fingerprint density at radius 2 is 1.04 bits per heavy atom. The minimum atomic E-state index is -0.546. The Hall–Kier alpha value is -7.36. The molecular weight excluding hydrogens is 820 g/mol. The van der Waals surface area contributed by atoms with Gasteiger partial charge in [0.05, 0.1) is 22.1 Å². The lowest BCUT2D eigenvalue weighted by atomic mass is 9.33. The molecule has 0 unspecified atom stereocenters. The van der Waals surface area contributed by atoms with Crippen molar-refractivity contribution in [1.82, 2.24) is 9.13 Å². The van der Waals surface area contributed by atoms with Gasteiger partial charge in [-0.25, -0.2) is 0 Å². The van der Waals surface area contributed by atoms with Crippen LogP contribution in [-0.2, 0) is 16.2 Å². The molecule has 5 heterocycles. The number of fused-ring (bicyclic) bond motifs is 13. The molecular formula is C65H51BN2. The highest BCUT2D eigenvalue weighted by Gasteiger charge is 2.55. The molecule has 11 aromatic rings. The molecule has 0 bridgehead atoms. The van der Waals surface area contributed by atoms with Crippen molar-refractivity contribution in [3.8, 4) is 44.9 Å². The number of rotatable bonds is 6. The maximum absolute atomic E-state index is 2.79. The van der Waals surface area contributed by atoms with Crippen LogP contribution in [-0.4, -0.2) is 15.8 Å². The largest absolute Gasteiger partial charge is 0.310 e. The van der Waals surface area contributed by atoms with E-state index in [4.69, 9.17) is 0 Å². The number of benzene rings is 9. The van der Waals surface area contributed by atoms with Crippen LogP contribution in [0.4, 0.5) is 0 Å². The SMILES string of the molecule is CCC(C)(C)c1cc2c3c(c1)c1cc(C(C)(C)CC)cc4c1n3-c1c(ccc3c1B2c1c2ccccc2cc2c(-c5ccccc5)c(-c5ccccc5)n-3c12)C41c2ccccc2-c2ccccc21. The van der Waals surface area contributed by atoms with E-state index in [0.717, 1.165) is 12.8 Å². The van der Waals surface area contributed by atoms with Crippen LogP contribution in [0.2, 0.25) is 0 Å². The average Bonchev–Trinajstić information content (AvgIpc) is 4.01. The zero-order valence-corrected chi connectivity index (χ0v) is 39.6. The second kappa shape index (κ2) is 13.0. The lowest BCUT2D eigenvalue weighted by molar-refractivity contribution is 0.505. The highest BCUT2D eigenvalue weighted by Crippen LogP contribution is 2.62. The highest BCUT2D eigenvalue weighted by atomic mass is 15.1. The van der Waals surface area contributed by atoms with E-state index >= 15 is 0 Å². The number of hydrogen-bond donors (Lipinski definition) is 0. The Balaban J connectivity index is 1.24. The lowest BCUT2D eigenvalue weighted by Crippen LogP contribution is -2.61. The minimum absolute atomic E-state index is 0.0211. The van der Waals surface area contributed by atoms with Gasteiger partial charge in [0, 0.05) is 38.6 Å². The van der Waals surface area contributed by atoms with E-state index in [1.807, 2.05) is 0 Å².